The number of hydrogen-bond acceptors (Lipinski definition) is 2. The molecule has 14 heavy (non-hydrogen) atoms. The van der Waals surface area contributed by atoms with Crippen molar-refractivity contribution in [1.29, 1.82) is 0 Å². The lowest BCUT2D eigenvalue weighted by atomic mass is 10.2. The van der Waals surface area contributed by atoms with Crippen molar-refractivity contribution < 1.29 is 12.8 Å². The van der Waals surface area contributed by atoms with Gasteiger partial charge in [-0.25, -0.2) is 12.8 Å². The molecule has 0 radical (unpaired) electrons. The van der Waals surface area contributed by atoms with Crippen LogP contribution >= 0.6 is 0 Å². The quantitative estimate of drug-likeness (QED) is 0.709. The monoisotopic (exact) mass is 212 g/mol. The Balaban J connectivity index is 2.85. The zero-order chi connectivity index (χ0) is 10.6. The molecule has 74 valence electrons. The molecule has 0 N–H and O–H groups in total. The van der Waals surface area contributed by atoms with Gasteiger partial charge in [0.05, 0.1) is 5.75 Å². The smallest absolute Gasteiger partial charge is 0.165 e. The van der Waals surface area contributed by atoms with Crippen LogP contribution in [0.2, 0.25) is 0 Å². The van der Waals surface area contributed by atoms with Gasteiger partial charge in [-0.15, -0.1) is 6.42 Å². The van der Waals surface area contributed by atoms with Gasteiger partial charge in [-0.1, -0.05) is 18.1 Å². The van der Waals surface area contributed by atoms with Crippen molar-refractivity contribution in [2.75, 3.05) is 5.75 Å². The Morgan fingerprint density at radius 1 is 1.43 bits per heavy atom. The number of terminal acetylenes is 1. The Morgan fingerprint density at radius 3 is 2.71 bits per heavy atom. The van der Waals surface area contributed by atoms with Crippen LogP contribution in [0.1, 0.15) is 5.56 Å². The minimum Gasteiger partial charge on any atom is -0.228 e. The summed E-state index contributed by atoms with van der Waals surface area (Å²) in [6.07, 6.45) is 4.89. The number of sulfone groups is 1. The van der Waals surface area contributed by atoms with E-state index in [-0.39, 0.29) is 11.5 Å². The first-order valence-electron chi connectivity index (χ1n) is 3.92. The summed E-state index contributed by atoms with van der Waals surface area (Å²) in [5, 5.41) is 0. The predicted molar refractivity (Wildman–Crippen MR) is 52.7 cm³/mol. The molecule has 0 amide bonds. The number of halogens is 1. The van der Waals surface area contributed by atoms with E-state index in [2.05, 4.69) is 5.92 Å². The maximum absolute atomic E-state index is 12.7. The number of benzene rings is 1. The molecule has 0 heterocycles. The van der Waals surface area contributed by atoms with Gasteiger partial charge in [0.1, 0.15) is 11.6 Å². The van der Waals surface area contributed by atoms with E-state index in [0.717, 1.165) is 0 Å². The van der Waals surface area contributed by atoms with Gasteiger partial charge >= 0.3 is 0 Å². The molecule has 0 saturated heterocycles. The summed E-state index contributed by atoms with van der Waals surface area (Å²) in [6.45, 7) is 0. The van der Waals surface area contributed by atoms with Gasteiger partial charge in [0, 0.05) is 0 Å². The summed E-state index contributed by atoms with van der Waals surface area (Å²) in [4.78, 5) is 0. The first-order valence-corrected chi connectivity index (χ1v) is 5.74. The van der Waals surface area contributed by atoms with Gasteiger partial charge < -0.3 is 0 Å². The third-order valence-electron chi connectivity index (χ3n) is 1.58. The Morgan fingerprint density at radius 2 is 2.14 bits per heavy atom. The average molecular weight is 212 g/mol. The third-order valence-corrected chi connectivity index (χ3v) is 2.96. The van der Waals surface area contributed by atoms with E-state index in [1.54, 1.807) is 6.07 Å². The largest absolute Gasteiger partial charge is 0.228 e. The molecule has 0 spiro atoms. The van der Waals surface area contributed by atoms with Crippen LogP contribution in [0.25, 0.3) is 0 Å². The van der Waals surface area contributed by atoms with Crippen molar-refractivity contribution in [3.8, 4) is 12.3 Å². The fourth-order valence-corrected chi connectivity index (χ4v) is 2.10. The molecule has 2 nitrogen and oxygen atoms in total. The highest BCUT2D eigenvalue weighted by Gasteiger charge is 2.10. The first-order chi connectivity index (χ1) is 6.53. The highest BCUT2D eigenvalue weighted by molar-refractivity contribution is 7.90. The lowest BCUT2D eigenvalue weighted by Gasteiger charge is -2.00. The van der Waals surface area contributed by atoms with Crippen molar-refractivity contribution in [3.63, 3.8) is 0 Å². The van der Waals surface area contributed by atoms with Crippen LogP contribution in [0, 0.1) is 18.2 Å². The van der Waals surface area contributed by atoms with Crippen molar-refractivity contribution >= 4 is 9.84 Å². The van der Waals surface area contributed by atoms with Crippen molar-refractivity contribution in [3.05, 3.63) is 35.6 Å². The molecule has 0 aliphatic heterocycles. The SMILES string of the molecule is C#CCS(=O)(=O)Cc1cccc(F)c1. The molecule has 0 aromatic heterocycles. The molecule has 0 saturated carbocycles. The summed E-state index contributed by atoms with van der Waals surface area (Å²) >= 11 is 0. The van der Waals surface area contributed by atoms with Crippen LogP contribution in [0.4, 0.5) is 4.39 Å². The first kappa shape index (κ1) is 10.7. The van der Waals surface area contributed by atoms with Crippen LogP contribution < -0.4 is 0 Å². The van der Waals surface area contributed by atoms with Gasteiger partial charge in [0.15, 0.2) is 9.84 Å². The molecule has 0 bridgehead atoms. The fourth-order valence-electron chi connectivity index (χ4n) is 1.06. The molecule has 4 heteroatoms. The molecule has 0 unspecified atom stereocenters. The van der Waals surface area contributed by atoms with Crippen molar-refractivity contribution in [2.24, 2.45) is 0 Å². The summed E-state index contributed by atoms with van der Waals surface area (Å²) < 4.78 is 35.2. The van der Waals surface area contributed by atoms with E-state index >= 15 is 0 Å². The van der Waals surface area contributed by atoms with Gasteiger partial charge in [0.2, 0.25) is 0 Å². The van der Waals surface area contributed by atoms with E-state index in [1.165, 1.54) is 18.2 Å². The van der Waals surface area contributed by atoms with Gasteiger partial charge in [0.25, 0.3) is 0 Å². The highest BCUT2D eigenvalue weighted by atomic mass is 32.2. The van der Waals surface area contributed by atoms with E-state index in [4.69, 9.17) is 6.42 Å². The van der Waals surface area contributed by atoms with E-state index in [0.29, 0.717) is 5.56 Å². The van der Waals surface area contributed by atoms with Crippen LogP contribution in [0.15, 0.2) is 24.3 Å². The minimum absolute atomic E-state index is 0.213. The van der Waals surface area contributed by atoms with Crippen LogP contribution in [0.5, 0.6) is 0 Å². The minimum atomic E-state index is -3.30. The zero-order valence-corrected chi connectivity index (χ0v) is 8.22. The molecule has 0 aliphatic rings. The summed E-state index contributed by atoms with van der Waals surface area (Å²) in [7, 11) is -3.30. The second-order valence-electron chi connectivity index (χ2n) is 2.87. The molecular formula is C10H9FO2S. The molecule has 0 fully saturated rings. The second kappa shape index (κ2) is 4.25. The predicted octanol–water partition coefficient (Wildman–Crippen LogP) is 1.37. The molecule has 1 aromatic carbocycles. The van der Waals surface area contributed by atoms with Gasteiger partial charge in [-0.2, -0.15) is 0 Å². The molecule has 1 rings (SSSR count). The Kier molecular flexibility index (Phi) is 3.26. The van der Waals surface area contributed by atoms with Crippen LogP contribution in [-0.2, 0) is 15.6 Å². The van der Waals surface area contributed by atoms with E-state index in [1.807, 2.05) is 0 Å². The molecule has 0 aliphatic carbocycles. The molecular weight excluding hydrogens is 203 g/mol. The Bertz CT molecular complexity index is 457. The molecule has 1 aromatic rings. The number of hydrogen-bond donors (Lipinski definition) is 0. The lowest BCUT2D eigenvalue weighted by Crippen LogP contribution is -2.07. The van der Waals surface area contributed by atoms with Crippen molar-refractivity contribution in [2.45, 2.75) is 5.75 Å². The average Bonchev–Trinajstić information content (AvgIpc) is 2.02. The maximum atomic E-state index is 12.7. The molecule has 0 atom stereocenters. The standard InChI is InChI=1S/C10H9FO2S/c1-2-6-14(12,13)8-9-4-3-5-10(11)7-9/h1,3-5,7H,6,8H2. The highest BCUT2D eigenvalue weighted by Crippen LogP contribution is 2.08. The summed E-state index contributed by atoms with van der Waals surface area (Å²) in [6, 6.07) is 5.47. The van der Waals surface area contributed by atoms with Crippen LogP contribution in [-0.4, -0.2) is 14.2 Å². The Labute approximate surface area is 82.7 Å². The topological polar surface area (TPSA) is 34.1 Å². The van der Waals surface area contributed by atoms with Gasteiger partial charge in [-0.05, 0) is 17.7 Å². The second-order valence-corrected chi connectivity index (χ2v) is 4.93. The normalized spacial score (nSPS) is 10.9. The van der Waals surface area contributed by atoms with E-state index in [9.17, 15) is 12.8 Å². The maximum Gasteiger partial charge on any atom is 0.165 e. The van der Waals surface area contributed by atoms with Gasteiger partial charge in [-0.3, -0.25) is 0 Å². The zero-order valence-electron chi connectivity index (χ0n) is 7.40. The Hall–Kier alpha value is -1.34. The number of rotatable bonds is 3. The van der Waals surface area contributed by atoms with Crippen LogP contribution in [0.3, 0.4) is 0 Å². The van der Waals surface area contributed by atoms with E-state index < -0.39 is 15.7 Å². The van der Waals surface area contributed by atoms with Crippen molar-refractivity contribution in [1.82, 2.24) is 0 Å². The fraction of sp³-hybridized carbons (Fsp3) is 0.200. The summed E-state index contributed by atoms with van der Waals surface area (Å²) in [5.41, 5.74) is 0.417. The third kappa shape index (κ3) is 3.19. The summed E-state index contributed by atoms with van der Waals surface area (Å²) in [5.74, 6) is 1.09. The lowest BCUT2D eigenvalue weighted by molar-refractivity contribution is 0.598.